The zero-order chi connectivity index (χ0) is 16.8. The smallest absolute Gasteiger partial charge is 0.442 e. The van der Waals surface area contributed by atoms with Crippen LogP contribution in [0.15, 0.2) is 28.4 Å². The van der Waals surface area contributed by atoms with E-state index in [0.717, 1.165) is 18.2 Å². The van der Waals surface area contributed by atoms with Crippen LogP contribution in [-0.4, -0.2) is 17.9 Å². The van der Waals surface area contributed by atoms with Crippen LogP contribution in [-0.2, 0) is 10.4 Å². The number of rotatable bonds is 2. The summed E-state index contributed by atoms with van der Waals surface area (Å²) in [6, 6.07) is 2.76. The Balaban J connectivity index is 2.24. The highest BCUT2D eigenvalue weighted by atomic mass is 19.4. The molecule has 0 spiro atoms. The second kappa shape index (κ2) is 4.92. The van der Waals surface area contributed by atoms with Crippen molar-refractivity contribution in [2.24, 2.45) is 10.2 Å². The van der Waals surface area contributed by atoms with Crippen molar-refractivity contribution in [3.63, 3.8) is 0 Å². The molecular weight excluding hydrogens is 306 g/mol. The van der Waals surface area contributed by atoms with Crippen LogP contribution in [0.4, 0.5) is 28.0 Å². The Morgan fingerprint density at radius 1 is 1.23 bits per heavy atom. The molecule has 1 aliphatic heterocycles. The molecule has 22 heavy (non-hydrogen) atoms. The third-order valence-corrected chi connectivity index (χ3v) is 2.68. The highest BCUT2D eigenvalue weighted by Crippen LogP contribution is 2.53. The molecule has 5 nitrogen and oxygen atoms in total. The second-order valence-corrected chi connectivity index (χ2v) is 5.69. The molecule has 0 unspecified atom stereocenters. The number of amides is 1. The van der Waals surface area contributed by atoms with Crippen molar-refractivity contribution in [2.45, 2.75) is 38.2 Å². The largest absolute Gasteiger partial charge is 0.444 e. The Morgan fingerprint density at radius 3 is 2.27 bits per heavy atom. The molecule has 0 radical (unpaired) electrons. The molecule has 0 atom stereocenters. The minimum atomic E-state index is -4.85. The van der Waals surface area contributed by atoms with Gasteiger partial charge in [0.2, 0.25) is 0 Å². The lowest BCUT2D eigenvalue weighted by atomic mass is 10.0. The monoisotopic (exact) mass is 319 g/mol. The van der Waals surface area contributed by atoms with Gasteiger partial charge in [0.25, 0.3) is 0 Å². The lowest BCUT2D eigenvalue weighted by Crippen LogP contribution is -2.31. The number of ether oxygens (including phenoxy) is 1. The Kier molecular flexibility index (Phi) is 3.62. The Hall–Kier alpha value is -2.19. The van der Waals surface area contributed by atoms with E-state index in [0.29, 0.717) is 0 Å². The molecule has 1 heterocycles. The number of anilines is 1. The van der Waals surface area contributed by atoms with Gasteiger partial charge in [0.05, 0.1) is 5.56 Å². The van der Waals surface area contributed by atoms with Crippen molar-refractivity contribution < 1.29 is 27.1 Å². The van der Waals surface area contributed by atoms with Gasteiger partial charge in [0.15, 0.2) is 0 Å². The molecule has 0 aromatic heterocycles. The van der Waals surface area contributed by atoms with Crippen molar-refractivity contribution in [3.8, 4) is 0 Å². The van der Waals surface area contributed by atoms with Crippen LogP contribution in [0.1, 0.15) is 26.3 Å². The maximum atomic E-state index is 13.7. The summed E-state index contributed by atoms with van der Waals surface area (Å²) in [5, 5.41) is 8.10. The number of nitrogens with zero attached hydrogens (tertiary/aromatic N) is 2. The minimum Gasteiger partial charge on any atom is -0.444 e. The Bertz CT molecular complexity index is 629. The second-order valence-electron chi connectivity index (χ2n) is 5.69. The summed E-state index contributed by atoms with van der Waals surface area (Å²) in [5.41, 5.74) is -4.48. The van der Waals surface area contributed by atoms with Gasteiger partial charge in [-0.25, -0.2) is 9.18 Å². The van der Waals surface area contributed by atoms with Gasteiger partial charge in [-0.15, -0.1) is 10.2 Å². The molecule has 1 aromatic carbocycles. The van der Waals surface area contributed by atoms with Gasteiger partial charge < -0.3 is 4.74 Å². The van der Waals surface area contributed by atoms with Crippen LogP contribution in [0.5, 0.6) is 0 Å². The maximum Gasteiger partial charge on any atom is 0.442 e. The lowest BCUT2D eigenvalue weighted by molar-refractivity contribution is -0.166. The first-order valence-corrected chi connectivity index (χ1v) is 6.25. The van der Waals surface area contributed by atoms with Crippen LogP contribution < -0.4 is 5.32 Å². The van der Waals surface area contributed by atoms with E-state index in [9.17, 15) is 22.4 Å². The first-order valence-electron chi connectivity index (χ1n) is 6.25. The maximum absolute atomic E-state index is 13.7. The van der Waals surface area contributed by atoms with Gasteiger partial charge in [0.1, 0.15) is 11.4 Å². The fourth-order valence-electron chi connectivity index (χ4n) is 1.72. The highest BCUT2D eigenvalue weighted by molar-refractivity contribution is 5.85. The third kappa shape index (κ3) is 3.18. The molecular formula is C13H13F4N3O2. The Labute approximate surface area is 123 Å². The van der Waals surface area contributed by atoms with E-state index >= 15 is 0 Å². The van der Waals surface area contributed by atoms with Crippen LogP contribution in [0, 0.1) is 5.82 Å². The fourth-order valence-corrected chi connectivity index (χ4v) is 1.72. The molecule has 0 bridgehead atoms. The number of hydrogen-bond acceptors (Lipinski definition) is 4. The number of hydrogen-bond donors (Lipinski definition) is 1. The summed E-state index contributed by atoms with van der Waals surface area (Å²) in [6.45, 7) is 4.88. The quantitative estimate of drug-likeness (QED) is 0.824. The van der Waals surface area contributed by atoms with Crippen LogP contribution >= 0.6 is 0 Å². The van der Waals surface area contributed by atoms with Gasteiger partial charge in [-0.1, -0.05) is 0 Å². The summed E-state index contributed by atoms with van der Waals surface area (Å²) in [5.74, 6) is -1.11. The van der Waals surface area contributed by atoms with Crippen LogP contribution in [0.3, 0.4) is 0 Å². The number of carbonyl (C=O) groups excluding carboxylic acids is 1. The molecule has 0 fully saturated rings. The number of alkyl halides is 3. The number of carbonyl (C=O) groups is 1. The first-order chi connectivity index (χ1) is 9.95. The molecule has 0 saturated heterocycles. The van der Waals surface area contributed by atoms with Gasteiger partial charge in [0, 0.05) is 5.69 Å². The number of nitrogens with one attached hydrogen (secondary N) is 1. The van der Waals surface area contributed by atoms with E-state index in [1.165, 1.54) is 0 Å². The number of halogens is 4. The standard InChI is InChI=1S/C13H13F4N3O2/c1-11(2,3)22-10(21)18-7-4-5-9(14)8(6-7)12(19-20-12)13(15,16)17/h4-6H,1-3H3,(H,18,21). The summed E-state index contributed by atoms with van der Waals surface area (Å²) in [7, 11) is 0. The fraction of sp³-hybridized carbons (Fsp3) is 0.462. The predicted octanol–water partition coefficient (Wildman–Crippen LogP) is 4.35. The molecule has 9 heteroatoms. The zero-order valence-electron chi connectivity index (χ0n) is 12.0. The highest BCUT2D eigenvalue weighted by Gasteiger charge is 2.66. The molecule has 1 aliphatic rings. The van der Waals surface area contributed by atoms with E-state index in [1.54, 1.807) is 20.8 Å². The van der Waals surface area contributed by atoms with E-state index in [-0.39, 0.29) is 5.69 Å². The topological polar surface area (TPSA) is 63.0 Å². The third-order valence-electron chi connectivity index (χ3n) is 2.68. The van der Waals surface area contributed by atoms with Gasteiger partial charge in [-0.2, -0.15) is 13.2 Å². The average molecular weight is 319 g/mol. The van der Waals surface area contributed by atoms with Crippen molar-refractivity contribution in [1.29, 1.82) is 0 Å². The van der Waals surface area contributed by atoms with Crippen molar-refractivity contribution in [3.05, 3.63) is 29.6 Å². The molecule has 2 rings (SSSR count). The van der Waals surface area contributed by atoms with Crippen molar-refractivity contribution >= 4 is 11.8 Å². The molecule has 1 N–H and O–H groups in total. The summed E-state index contributed by atoms with van der Waals surface area (Å²) >= 11 is 0. The van der Waals surface area contributed by atoms with Gasteiger partial charge in [-0.3, -0.25) is 5.32 Å². The summed E-state index contributed by atoms with van der Waals surface area (Å²) < 4.78 is 57.4. The molecule has 1 aromatic rings. The van der Waals surface area contributed by atoms with E-state index < -0.39 is 34.9 Å². The number of benzene rings is 1. The lowest BCUT2D eigenvalue weighted by Gasteiger charge is -2.20. The molecule has 0 aliphatic carbocycles. The summed E-state index contributed by atoms with van der Waals surface area (Å²) in [4.78, 5) is 11.6. The molecule has 1 amide bonds. The Morgan fingerprint density at radius 2 is 1.82 bits per heavy atom. The van der Waals surface area contributed by atoms with E-state index in [1.807, 2.05) is 0 Å². The zero-order valence-corrected chi connectivity index (χ0v) is 12.0. The van der Waals surface area contributed by atoms with Crippen LogP contribution in [0.25, 0.3) is 0 Å². The minimum absolute atomic E-state index is 0.0495. The first kappa shape index (κ1) is 16.2. The van der Waals surface area contributed by atoms with Crippen molar-refractivity contribution in [2.75, 3.05) is 5.32 Å². The molecule has 0 saturated carbocycles. The van der Waals surface area contributed by atoms with E-state index in [4.69, 9.17) is 4.74 Å². The molecule has 120 valence electrons. The van der Waals surface area contributed by atoms with E-state index in [2.05, 4.69) is 15.5 Å². The van der Waals surface area contributed by atoms with Crippen molar-refractivity contribution in [1.82, 2.24) is 0 Å². The summed E-state index contributed by atoms with van der Waals surface area (Å²) in [6.07, 6.45) is -5.71. The normalized spacial score (nSPS) is 16.3. The van der Waals surface area contributed by atoms with Gasteiger partial charge >= 0.3 is 17.9 Å². The SMILES string of the molecule is CC(C)(C)OC(=O)Nc1ccc(F)c(C2(C(F)(F)F)N=N2)c1. The predicted molar refractivity (Wildman–Crippen MR) is 68.8 cm³/mol. The van der Waals surface area contributed by atoms with Crippen LogP contribution in [0.2, 0.25) is 0 Å². The van der Waals surface area contributed by atoms with Gasteiger partial charge in [-0.05, 0) is 39.0 Å². The average Bonchev–Trinajstić information content (AvgIpc) is 3.09.